The van der Waals surface area contributed by atoms with E-state index < -0.39 is 0 Å². The summed E-state index contributed by atoms with van der Waals surface area (Å²) in [5.41, 5.74) is 0. The van der Waals surface area contributed by atoms with Gasteiger partial charge in [-0.25, -0.2) is 0 Å². The molecule has 94 valence electrons. The Hall–Kier alpha value is 0.270. The van der Waals surface area contributed by atoms with E-state index in [9.17, 15) is 0 Å². The average Bonchev–Trinajstić information content (AvgIpc) is 2.77. The largest absolute Gasteiger partial charge is 0.314 e. The lowest BCUT2D eigenvalue weighted by atomic mass is 9.86. The average molecular weight is 242 g/mol. The highest BCUT2D eigenvalue weighted by atomic mass is 32.2. The molecule has 0 radical (unpaired) electrons. The first-order chi connectivity index (χ1) is 7.72. The molecule has 0 aliphatic carbocycles. The van der Waals surface area contributed by atoms with E-state index in [4.69, 9.17) is 0 Å². The second-order valence-corrected chi connectivity index (χ2v) is 6.69. The van der Waals surface area contributed by atoms with Gasteiger partial charge in [0.2, 0.25) is 0 Å². The zero-order chi connectivity index (χ0) is 11.5. The minimum Gasteiger partial charge on any atom is -0.314 e. The van der Waals surface area contributed by atoms with Crippen LogP contribution in [0.3, 0.4) is 0 Å². The fourth-order valence-electron chi connectivity index (χ4n) is 3.16. The first kappa shape index (κ1) is 12.7. The summed E-state index contributed by atoms with van der Waals surface area (Å²) < 4.78 is 0. The van der Waals surface area contributed by atoms with Crippen molar-refractivity contribution < 1.29 is 0 Å². The van der Waals surface area contributed by atoms with Crippen molar-refractivity contribution in [3.63, 3.8) is 0 Å². The van der Waals surface area contributed by atoms with Crippen LogP contribution in [-0.2, 0) is 0 Å². The lowest BCUT2D eigenvalue weighted by molar-refractivity contribution is 0.124. The molecule has 0 aromatic heterocycles. The minimum absolute atomic E-state index is 0.795. The Bertz CT molecular complexity index is 212. The monoisotopic (exact) mass is 242 g/mol. The number of hydrogen-bond donors (Lipinski definition) is 1. The van der Waals surface area contributed by atoms with Crippen molar-refractivity contribution in [1.82, 2.24) is 10.2 Å². The van der Waals surface area contributed by atoms with Crippen molar-refractivity contribution in [2.75, 3.05) is 32.4 Å². The van der Waals surface area contributed by atoms with Crippen LogP contribution >= 0.6 is 11.8 Å². The number of rotatable bonds is 3. The van der Waals surface area contributed by atoms with Crippen LogP contribution in [0.25, 0.3) is 0 Å². The summed E-state index contributed by atoms with van der Waals surface area (Å²) >= 11 is 2.04. The standard InChI is InChI=1S/C13H26N2S/c1-10(2)11-4-6-15(7-5-11)12-8-14-9-13(12)16-3/h10-14H,4-9H2,1-3H3. The number of piperidine rings is 1. The van der Waals surface area contributed by atoms with Crippen LogP contribution in [-0.4, -0.2) is 48.6 Å². The Labute approximate surface area is 105 Å². The van der Waals surface area contributed by atoms with Gasteiger partial charge >= 0.3 is 0 Å². The molecule has 0 aromatic carbocycles. The predicted octanol–water partition coefficient (Wildman–Crippen LogP) is 2.06. The molecule has 0 aromatic rings. The van der Waals surface area contributed by atoms with Gasteiger partial charge in [0.1, 0.15) is 0 Å². The van der Waals surface area contributed by atoms with Crippen molar-refractivity contribution in [3.05, 3.63) is 0 Å². The molecule has 0 amide bonds. The number of hydrogen-bond acceptors (Lipinski definition) is 3. The van der Waals surface area contributed by atoms with Crippen LogP contribution in [0.1, 0.15) is 26.7 Å². The van der Waals surface area contributed by atoms with E-state index in [1.807, 2.05) is 11.8 Å². The van der Waals surface area contributed by atoms with Crippen molar-refractivity contribution >= 4 is 11.8 Å². The van der Waals surface area contributed by atoms with Gasteiger partial charge in [0.25, 0.3) is 0 Å². The maximum atomic E-state index is 3.54. The number of nitrogens with zero attached hydrogens (tertiary/aromatic N) is 1. The zero-order valence-electron chi connectivity index (χ0n) is 10.9. The number of nitrogens with one attached hydrogen (secondary N) is 1. The number of thioether (sulfide) groups is 1. The van der Waals surface area contributed by atoms with E-state index >= 15 is 0 Å². The van der Waals surface area contributed by atoms with E-state index in [-0.39, 0.29) is 0 Å². The summed E-state index contributed by atoms with van der Waals surface area (Å²) in [6, 6.07) is 0.795. The van der Waals surface area contributed by atoms with E-state index in [0.29, 0.717) is 0 Å². The maximum absolute atomic E-state index is 3.54. The molecule has 2 heterocycles. The molecule has 1 N–H and O–H groups in total. The summed E-state index contributed by atoms with van der Waals surface area (Å²) in [5.74, 6) is 1.85. The third-order valence-corrected chi connectivity index (χ3v) is 5.50. The van der Waals surface area contributed by atoms with Crippen LogP contribution in [0.4, 0.5) is 0 Å². The summed E-state index contributed by atoms with van der Waals surface area (Å²) in [6.07, 6.45) is 5.08. The second kappa shape index (κ2) is 5.74. The normalized spacial score (nSPS) is 33.8. The van der Waals surface area contributed by atoms with Crippen LogP contribution in [0, 0.1) is 11.8 Å². The fraction of sp³-hybridized carbons (Fsp3) is 1.00. The van der Waals surface area contributed by atoms with E-state index in [2.05, 4.69) is 30.3 Å². The second-order valence-electron chi connectivity index (χ2n) is 5.62. The van der Waals surface area contributed by atoms with Gasteiger partial charge in [-0.3, -0.25) is 4.90 Å². The van der Waals surface area contributed by atoms with E-state index in [1.54, 1.807) is 0 Å². The van der Waals surface area contributed by atoms with E-state index in [1.165, 1.54) is 39.0 Å². The topological polar surface area (TPSA) is 15.3 Å². The quantitative estimate of drug-likeness (QED) is 0.815. The van der Waals surface area contributed by atoms with Gasteiger partial charge in [0, 0.05) is 24.4 Å². The zero-order valence-corrected chi connectivity index (χ0v) is 11.7. The third kappa shape index (κ3) is 2.74. The van der Waals surface area contributed by atoms with Gasteiger partial charge < -0.3 is 5.32 Å². The van der Waals surface area contributed by atoms with Gasteiger partial charge in [-0.15, -0.1) is 0 Å². The SMILES string of the molecule is CSC1CNCC1N1CCC(C(C)C)CC1. The molecule has 0 bridgehead atoms. The van der Waals surface area contributed by atoms with Crippen molar-refractivity contribution in [2.24, 2.45) is 11.8 Å². The lowest BCUT2D eigenvalue weighted by Gasteiger charge is -2.38. The molecule has 2 saturated heterocycles. The van der Waals surface area contributed by atoms with Crippen molar-refractivity contribution in [2.45, 2.75) is 38.0 Å². The van der Waals surface area contributed by atoms with Crippen LogP contribution < -0.4 is 5.32 Å². The van der Waals surface area contributed by atoms with Gasteiger partial charge in [-0.1, -0.05) is 13.8 Å². The van der Waals surface area contributed by atoms with Gasteiger partial charge in [0.15, 0.2) is 0 Å². The highest BCUT2D eigenvalue weighted by Gasteiger charge is 2.33. The maximum Gasteiger partial charge on any atom is 0.0351 e. The molecular weight excluding hydrogens is 216 g/mol. The van der Waals surface area contributed by atoms with Crippen molar-refractivity contribution in [1.29, 1.82) is 0 Å². The fourth-order valence-corrected chi connectivity index (χ4v) is 4.03. The molecule has 16 heavy (non-hydrogen) atoms. The minimum atomic E-state index is 0.795. The molecule has 0 spiro atoms. The lowest BCUT2D eigenvalue weighted by Crippen LogP contribution is -2.46. The molecular formula is C13H26N2S. The van der Waals surface area contributed by atoms with Crippen molar-refractivity contribution in [3.8, 4) is 0 Å². The van der Waals surface area contributed by atoms with Gasteiger partial charge in [-0.2, -0.15) is 11.8 Å². The predicted molar refractivity (Wildman–Crippen MR) is 73.1 cm³/mol. The first-order valence-corrected chi connectivity index (χ1v) is 7.98. The Balaban J connectivity index is 1.84. The van der Waals surface area contributed by atoms with Gasteiger partial charge in [-0.05, 0) is 44.0 Å². The number of likely N-dealkylation sites (tertiary alicyclic amines) is 1. The summed E-state index contributed by atoms with van der Waals surface area (Å²) in [7, 11) is 0. The molecule has 0 saturated carbocycles. The highest BCUT2D eigenvalue weighted by Crippen LogP contribution is 2.28. The third-order valence-electron chi connectivity index (χ3n) is 4.42. The van der Waals surface area contributed by atoms with E-state index in [0.717, 1.165) is 23.1 Å². The first-order valence-electron chi connectivity index (χ1n) is 6.70. The van der Waals surface area contributed by atoms with Crippen LogP contribution in [0.2, 0.25) is 0 Å². The Kier molecular flexibility index (Phi) is 4.57. The molecule has 2 unspecified atom stereocenters. The summed E-state index contributed by atoms with van der Waals surface area (Å²) in [5, 5.41) is 4.36. The Morgan fingerprint density at radius 1 is 1.19 bits per heavy atom. The molecule has 2 aliphatic rings. The molecule has 2 fully saturated rings. The molecule has 2 atom stereocenters. The molecule has 3 heteroatoms. The molecule has 2 nitrogen and oxygen atoms in total. The molecule has 2 aliphatic heterocycles. The highest BCUT2D eigenvalue weighted by molar-refractivity contribution is 7.99. The van der Waals surface area contributed by atoms with Crippen LogP contribution in [0.5, 0.6) is 0 Å². The summed E-state index contributed by atoms with van der Waals surface area (Å²) in [4.78, 5) is 2.74. The summed E-state index contributed by atoms with van der Waals surface area (Å²) in [6.45, 7) is 9.82. The smallest absolute Gasteiger partial charge is 0.0351 e. The Morgan fingerprint density at radius 2 is 1.88 bits per heavy atom. The Morgan fingerprint density at radius 3 is 2.44 bits per heavy atom. The van der Waals surface area contributed by atoms with Gasteiger partial charge in [0.05, 0.1) is 0 Å². The van der Waals surface area contributed by atoms with Crippen LogP contribution in [0.15, 0.2) is 0 Å². The molecule has 2 rings (SSSR count).